The monoisotopic (exact) mass is 369 g/mol. The molecule has 26 heavy (non-hydrogen) atoms. The Labute approximate surface area is 157 Å². The van der Waals surface area contributed by atoms with Gasteiger partial charge in [-0.15, -0.1) is 0 Å². The number of aryl methyl sites for hydroxylation is 1. The third kappa shape index (κ3) is 4.25. The lowest BCUT2D eigenvalue weighted by molar-refractivity contribution is 0.565. The number of benzene rings is 2. The normalized spacial score (nSPS) is 16.4. The van der Waals surface area contributed by atoms with E-state index in [-0.39, 0.29) is 6.04 Å². The largest absolute Gasteiger partial charge is 0.241 e. The molecule has 0 radical (unpaired) electrons. The van der Waals surface area contributed by atoms with Crippen LogP contribution in [0.5, 0.6) is 0 Å². The van der Waals surface area contributed by atoms with E-state index in [0.29, 0.717) is 4.90 Å². The summed E-state index contributed by atoms with van der Waals surface area (Å²) in [5.41, 5.74) is 4.38. The van der Waals surface area contributed by atoms with Crippen molar-refractivity contribution in [3.05, 3.63) is 70.8 Å². The molecule has 0 aromatic heterocycles. The van der Waals surface area contributed by atoms with Crippen LogP contribution in [0.3, 0.4) is 0 Å². The van der Waals surface area contributed by atoms with Gasteiger partial charge in [0.15, 0.2) is 0 Å². The number of unbranched alkanes of at least 4 members (excludes halogenated alkanes) is 3. The number of hydrogen-bond donors (Lipinski definition) is 1. The number of nitrogens with one attached hydrogen (secondary N) is 1. The molecule has 0 saturated heterocycles. The van der Waals surface area contributed by atoms with Gasteiger partial charge in [0.2, 0.25) is 10.0 Å². The average molecular weight is 370 g/mol. The average Bonchev–Trinajstić information content (AvgIpc) is 2.96. The van der Waals surface area contributed by atoms with E-state index in [4.69, 9.17) is 0 Å². The Morgan fingerprint density at radius 1 is 0.962 bits per heavy atom. The van der Waals surface area contributed by atoms with Crippen molar-refractivity contribution in [2.45, 2.75) is 56.9 Å². The molecule has 1 atom stereocenters. The van der Waals surface area contributed by atoms with Gasteiger partial charge in [0.25, 0.3) is 0 Å². The second-order valence-corrected chi connectivity index (χ2v) is 8.74. The van der Waals surface area contributed by atoms with Gasteiger partial charge in [-0.05, 0) is 48.6 Å². The molecule has 1 unspecified atom stereocenters. The Balaban J connectivity index is 1.83. The molecule has 2 aromatic rings. The van der Waals surface area contributed by atoms with Crippen LogP contribution in [0.2, 0.25) is 0 Å². The van der Waals surface area contributed by atoms with Crippen molar-refractivity contribution < 1.29 is 8.42 Å². The summed E-state index contributed by atoms with van der Waals surface area (Å²) in [6.07, 6.45) is 7.78. The Morgan fingerprint density at radius 3 is 2.42 bits per heavy atom. The highest BCUT2D eigenvalue weighted by molar-refractivity contribution is 7.89. The van der Waals surface area contributed by atoms with Gasteiger partial charge in [0.05, 0.1) is 10.9 Å². The zero-order chi connectivity index (χ0) is 18.6. The number of fused-ring (bicyclic) bond motifs is 1. The maximum Gasteiger partial charge on any atom is 0.241 e. The Hall–Kier alpha value is -1.91. The molecule has 0 fully saturated rings. The molecule has 1 aliphatic carbocycles. The first-order valence-corrected chi connectivity index (χ1v) is 10.9. The Morgan fingerprint density at radius 2 is 1.69 bits per heavy atom. The number of rotatable bonds is 8. The quantitative estimate of drug-likeness (QED) is 0.635. The highest BCUT2D eigenvalue weighted by atomic mass is 32.2. The molecule has 3 nitrogen and oxygen atoms in total. The zero-order valence-corrected chi connectivity index (χ0v) is 16.4. The summed E-state index contributed by atoms with van der Waals surface area (Å²) in [7, 11) is -3.56. The van der Waals surface area contributed by atoms with Crippen LogP contribution in [0.15, 0.2) is 59.0 Å². The summed E-state index contributed by atoms with van der Waals surface area (Å²) < 4.78 is 28.7. The summed E-state index contributed by atoms with van der Waals surface area (Å²) >= 11 is 0. The number of hydrogen-bond acceptors (Lipinski definition) is 2. The molecule has 0 heterocycles. The third-order valence-corrected chi connectivity index (χ3v) is 6.38. The molecule has 3 rings (SSSR count). The third-order valence-electron chi connectivity index (χ3n) is 4.94. The molecular formula is C22H27NO2S. The van der Waals surface area contributed by atoms with Crippen LogP contribution >= 0.6 is 0 Å². The van der Waals surface area contributed by atoms with E-state index in [2.05, 4.69) is 23.8 Å². The van der Waals surface area contributed by atoms with Crippen molar-refractivity contribution in [1.29, 1.82) is 0 Å². The summed E-state index contributed by atoms with van der Waals surface area (Å²) in [4.78, 5) is 0.317. The fourth-order valence-corrected chi connectivity index (χ4v) is 4.66. The molecule has 138 valence electrons. The maximum atomic E-state index is 12.9. The molecule has 0 aliphatic heterocycles. The van der Waals surface area contributed by atoms with Crippen molar-refractivity contribution >= 4 is 16.1 Å². The van der Waals surface area contributed by atoms with Crippen LogP contribution < -0.4 is 4.72 Å². The predicted molar refractivity (Wildman–Crippen MR) is 107 cm³/mol. The smallest absolute Gasteiger partial charge is 0.207 e. The molecule has 0 saturated carbocycles. The van der Waals surface area contributed by atoms with E-state index >= 15 is 0 Å². The molecule has 1 N–H and O–H groups in total. The van der Waals surface area contributed by atoms with E-state index < -0.39 is 10.0 Å². The van der Waals surface area contributed by atoms with E-state index in [0.717, 1.165) is 35.1 Å². The minimum Gasteiger partial charge on any atom is -0.207 e. The van der Waals surface area contributed by atoms with Gasteiger partial charge in [-0.25, -0.2) is 8.42 Å². The van der Waals surface area contributed by atoms with Crippen LogP contribution in [0.25, 0.3) is 6.08 Å². The first-order chi connectivity index (χ1) is 12.5. The molecule has 0 bridgehead atoms. The van der Waals surface area contributed by atoms with Gasteiger partial charge in [-0.3, -0.25) is 0 Å². The van der Waals surface area contributed by atoms with Crippen molar-refractivity contribution in [3.63, 3.8) is 0 Å². The van der Waals surface area contributed by atoms with E-state index in [1.165, 1.54) is 19.3 Å². The second-order valence-electron chi connectivity index (χ2n) is 7.03. The lowest BCUT2D eigenvalue weighted by Gasteiger charge is -2.19. The Kier molecular flexibility index (Phi) is 5.94. The maximum absolute atomic E-state index is 12.9. The summed E-state index contributed by atoms with van der Waals surface area (Å²) in [6, 6.07) is 14.8. The van der Waals surface area contributed by atoms with E-state index in [1.807, 2.05) is 37.3 Å². The second kappa shape index (κ2) is 8.19. The number of sulfonamides is 1. The highest BCUT2D eigenvalue weighted by Crippen LogP contribution is 2.38. The SMILES string of the molecule is CCCCCCC1=Cc2ccccc2C1NS(=O)(=O)c1ccc(C)cc1. The predicted octanol–water partition coefficient (Wildman–Crippen LogP) is 5.38. The van der Waals surface area contributed by atoms with Crippen LogP contribution in [0.4, 0.5) is 0 Å². The minimum atomic E-state index is -3.56. The van der Waals surface area contributed by atoms with Gasteiger partial charge in [0.1, 0.15) is 0 Å². The lowest BCUT2D eigenvalue weighted by Crippen LogP contribution is -2.29. The zero-order valence-electron chi connectivity index (χ0n) is 15.5. The van der Waals surface area contributed by atoms with Crippen molar-refractivity contribution in [3.8, 4) is 0 Å². The summed E-state index contributed by atoms with van der Waals surface area (Å²) in [5, 5.41) is 0. The highest BCUT2D eigenvalue weighted by Gasteiger charge is 2.29. The molecule has 0 amide bonds. The van der Waals surface area contributed by atoms with Crippen molar-refractivity contribution in [1.82, 2.24) is 4.72 Å². The first-order valence-electron chi connectivity index (χ1n) is 9.39. The van der Waals surface area contributed by atoms with Crippen molar-refractivity contribution in [2.24, 2.45) is 0 Å². The van der Waals surface area contributed by atoms with Gasteiger partial charge in [0, 0.05) is 0 Å². The lowest BCUT2D eigenvalue weighted by atomic mass is 10.0. The Bertz CT molecular complexity index is 883. The van der Waals surface area contributed by atoms with Gasteiger partial charge in [-0.2, -0.15) is 4.72 Å². The molecule has 4 heteroatoms. The fourth-order valence-electron chi connectivity index (χ4n) is 3.44. The molecule has 2 aromatic carbocycles. The minimum absolute atomic E-state index is 0.265. The fraction of sp³-hybridized carbons (Fsp3) is 0.364. The van der Waals surface area contributed by atoms with E-state index in [1.54, 1.807) is 12.1 Å². The van der Waals surface area contributed by atoms with Crippen LogP contribution in [-0.2, 0) is 10.0 Å². The standard InChI is InChI=1S/C22H27NO2S/c1-3-4-5-6-10-19-16-18-9-7-8-11-21(18)22(19)23-26(24,25)20-14-12-17(2)13-15-20/h7-9,11-16,22-23H,3-6,10H2,1-2H3. The first kappa shape index (κ1) is 18.9. The van der Waals surface area contributed by atoms with Crippen LogP contribution in [0.1, 0.15) is 61.8 Å². The topological polar surface area (TPSA) is 46.2 Å². The van der Waals surface area contributed by atoms with Crippen molar-refractivity contribution in [2.75, 3.05) is 0 Å². The van der Waals surface area contributed by atoms with E-state index in [9.17, 15) is 8.42 Å². The van der Waals surface area contributed by atoms with Gasteiger partial charge < -0.3 is 0 Å². The van der Waals surface area contributed by atoms with Crippen LogP contribution in [-0.4, -0.2) is 8.42 Å². The summed E-state index contributed by atoms with van der Waals surface area (Å²) in [5.74, 6) is 0. The molecular weight excluding hydrogens is 342 g/mol. The van der Waals surface area contributed by atoms with Crippen LogP contribution in [0, 0.1) is 6.92 Å². The van der Waals surface area contributed by atoms with Gasteiger partial charge >= 0.3 is 0 Å². The summed E-state index contributed by atoms with van der Waals surface area (Å²) in [6.45, 7) is 4.15. The van der Waals surface area contributed by atoms with Gasteiger partial charge in [-0.1, -0.05) is 74.2 Å². The molecule has 0 spiro atoms. The molecule has 1 aliphatic rings.